The highest BCUT2D eigenvalue weighted by atomic mass is 35.5. The van der Waals surface area contributed by atoms with Gasteiger partial charge in [0.05, 0.1) is 46.7 Å². The summed E-state index contributed by atoms with van der Waals surface area (Å²) < 4.78 is 32.1. The second-order valence-electron chi connectivity index (χ2n) is 4.97. The van der Waals surface area contributed by atoms with Crippen molar-refractivity contribution < 1.29 is 13.2 Å². The van der Waals surface area contributed by atoms with Gasteiger partial charge in [-0.3, -0.25) is 4.98 Å². The topological polar surface area (TPSA) is 72.4 Å². The van der Waals surface area contributed by atoms with E-state index in [1.807, 2.05) is 6.92 Å². The lowest BCUT2D eigenvalue weighted by Crippen LogP contribution is -2.31. The minimum atomic E-state index is -3.74. The first-order valence-electron chi connectivity index (χ1n) is 7.18. The molecule has 0 aliphatic rings. The lowest BCUT2D eigenvalue weighted by atomic mass is 10.4. The molecule has 130 valence electrons. The summed E-state index contributed by atoms with van der Waals surface area (Å²) in [7, 11) is -2.26. The van der Waals surface area contributed by atoms with Gasteiger partial charge in [-0.2, -0.15) is 4.31 Å². The van der Waals surface area contributed by atoms with Crippen molar-refractivity contribution in [1.82, 2.24) is 14.3 Å². The van der Waals surface area contributed by atoms with Crippen LogP contribution in [0.1, 0.15) is 19.0 Å². The lowest BCUT2D eigenvalue weighted by molar-refractivity contribution is 0.379. The maximum atomic E-state index is 12.9. The summed E-state index contributed by atoms with van der Waals surface area (Å²) in [6.45, 7) is 2.32. The third kappa shape index (κ3) is 4.36. The molecule has 0 aliphatic heterocycles. The van der Waals surface area contributed by atoms with E-state index >= 15 is 0 Å². The van der Waals surface area contributed by atoms with Gasteiger partial charge in [-0.15, -0.1) is 0 Å². The molecule has 0 fully saturated rings. The van der Waals surface area contributed by atoms with Crippen molar-refractivity contribution in [2.75, 3.05) is 13.7 Å². The molecular weight excluding hydrogens is 373 g/mol. The number of methoxy groups -OCH3 is 1. The molecule has 0 amide bonds. The van der Waals surface area contributed by atoms with E-state index in [1.165, 1.54) is 42.0 Å². The molecule has 6 nitrogen and oxygen atoms in total. The van der Waals surface area contributed by atoms with Gasteiger partial charge < -0.3 is 4.74 Å². The van der Waals surface area contributed by atoms with Crippen LogP contribution in [-0.4, -0.2) is 36.3 Å². The molecule has 0 atom stereocenters. The van der Waals surface area contributed by atoms with Crippen LogP contribution in [0.2, 0.25) is 10.0 Å². The lowest BCUT2D eigenvalue weighted by Gasteiger charge is -2.21. The third-order valence-electron chi connectivity index (χ3n) is 3.21. The molecule has 0 unspecified atom stereocenters. The third-order valence-corrected chi connectivity index (χ3v) is 5.79. The SMILES string of the molecule is CCCN(Cc1cncc(OC)n1)S(=O)(=O)c1ccc(Cl)c(Cl)c1. The summed E-state index contributed by atoms with van der Waals surface area (Å²) >= 11 is 11.8. The van der Waals surface area contributed by atoms with Crippen LogP contribution >= 0.6 is 23.2 Å². The average Bonchev–Trinajstić information content (AvgIpc) is 2.57. The molecule has 0 aliphatic carbocycles. The molecule has 0 bridgehead atoms. The summed E-state index contributed by atoms with van der Waals surface area (Å²) in [6, 6.07) is 4.24. The van der Waals surface area contributed by atoms with Gasteiger partial charge in [0.25, 0.3) is 0 Å². The number of halogens is 2. The number of nitrogens with zero attached hydrogens (tertiary/aromatic N) is 3. The Bertz CT molecular complexity index is 815. The molecule has 2 aromatic rings. The zero-order valence-corrected chi connectivity index (χ0v) is 15.6. The number of ether oxygens (including phenoxy) is 1. The van der Waals surface area contributed by atoms with E-state index in [0.29, 0.717) is 29.6 Å². The molecule has 1 aromatic carbocycles. The maximum absolute atomic E-state index is 12.9. The van der Waals surface area contributed by atoms with Gasteiger partial charge in [0.15, 0.2) is 0 Å². The number of benzene rings is 1. The Morgan fingerprint density at radius 2 is 1.96 bits per heavy atom. The van der Waals surface area contributed by atoms with E-state index < -0.39 is 10.0 Å². The zero-order valence-electron chi connectivity index (χ0n) is 13.2. The van der Waals surface area contributed by atoms with Crippen molar-refractivity contribution >= 4 is 33.2 Å². The molecule has 0 saturated carbocycles. The van der Waals surface area contributed by atoms with Crippen molar-refractivity contribution in [2.24, 2.45) is 0 Å². The number of hydrogen-bond acceptors (Lipinski definition) is 5. The summed E-state index contributed by atoms with van der Waals surface area (Å²) in [4.78, 5) is 8.30. The van der Waals surface area contributed by atoms with Crippen LogP contribution in [0.4, 0.5) is 0 Å². The first-order valence-corrected chi connectivity index (χ1v) is 9.38. The Morgan fingerprint density at radius 1 is 1.21 bits per heavy atom. The minimum Gasteiger partial charge on any atom is -0.480 e. The molecule has 0 saturated heterocycles. The van der Waals surface area contributed by atoms with Crippen LogP contribution in [0, 0.1) is 0 Å². The summed E-state index contributed by atoms with van der Waals surface area (Å²) in [5, 5.41) is 0.492. The predicted molar refractivity (Wildman–Crippen MR) is 92.9 cm³/mol. The smallest absolute Gasteiger partial charge is 0.243 e. The van der Waals surface area contributed by atoms with Crippen LogP contribution in [-0.2, 0) is 16.6 Å². The first kappa shape index (κ1) is 18.9. The van der Waals surface area contributed by atoms with Gasteiger partial charge in [-0.1, -0.05) is 30.1 Å². The Morgan fingerprint density at radius 3 is 2.58 bits per heavy atom. The summed E-state index contributed by atoms with van der Waals surface area (Å²) in [6.07, 6.45) is 3.62. The number of rotatable bonds is 7. The van der Waals surface area contributed by atoms with Crippen LogP contribution in [0.25, 0.3) is 0 Å². The Hall–Kier alpha value is -1.41. The molecule has 2 rings (SSSR count). The predicted octanol–water partition coefficient (Wildman–Crippen LogP) is 3.39. The highest BCUT2D eigenvalue weighted by Gasteiger charge is 2.25. The van der Waals surface area contributed by atoms with Crippen molar-refractivity contribution in [2.45, 2.75) is 24.8 Å². The van der Waals surface area contributed by atoms with Gasteiger partial charge in [-0.05, 0) is 24.6 Å². The second-order valence-corrected chi connectivity index (χ2v) is 7.72. The Balaban J connectivity index is 2.35. The maximum Gasteiger partial charge on any atom is 0.243 e. The fraction of sp³-hybridized carbons (Fsp3) is 0.333. The van der Waals surface area contributed by atoms with E-state index in [-0.39, 0.29) is 16.5 Å². The molecule has 1 heterocycles. The standard InChI is InChI=1S/C15H17Cl2N3O3S/c1-3-6-20(10-11-8-18-9-15(19-11)23-2)24(21,22)12-4-5-13(16)14(17)7-12/h4-5,7-9H,3,6,10H2,1-2H3. The minimum absolute atomic E-state index is 0.0839. The van der Waals surface area contributed by atoms with Crippen LogP contribution in [0.5, 0.6) is 5.88 Å². The van der Waals surface area contributed by atoms with Gasteiger partial charge in [0, 0.05) is 6.54 Å². The highest BCUT2D eigenvalue weighted by molar-refractivity contribution is 7.89. The second kappa shape index (κ2) is 8.11. The van der Waals surface area contributed by atoms with Gasteiger partial charge >= 0.3 is 0 Å². The van der Waals surface area contributed by atoms with Crippen LogP contribution in [0.15, 0.2) is 35.5 Å². The molecule has 24 heavy (non-hydrogen) atoms. The average molecular weight is 390 g/mol. The number of aromatic nitrogens is 2. The van der Waals surface area contributed by atoms with E-state index in [0.717, 1.165) is 0 Å². The summed E-state index contributed by atoms with van der Waals surface area (Å²) in [5.41, 5.74) is 0.492. The Kier molecular flexibility index (Phi) is 6.40. The van der Waals surface area contributed by atoms with Crippen LogP contribution < -0.4 is 4.74 Å². The molecule has 0 N–H and O–H groups in total. The van der Waals surface area contributed by atoms with E-state index in [1.54, 1.807) is 0 Å². The molecule has 9 heteroatoms. The van der Waals surface area contributed by atoms with Gasteiger partial charge in [0.1, 0.15) is 0 Å². The fourth-order valence-corrected chi connectivity index (χ4v) is 3.95. The Labute approximate surface area is 151 Å². The van der Waals surface area contributed by atoms with E-state index in [4.69, 9.17) is 27.9 Å². The molecule has 1 aromatic heterocycles. The van der Waals surface area contributed by atoms with Crippen molar-refractivity contribution in [1.29, 1.82) is 0 Å². The molecule has 0 spiro atoms. The molecule has 0 radical (unpaired) electrons. The quantitative estimate of drug-likeness (QED) is 0.725. The van der Waals surface area contributed by atoms with E-state index in [9.17, 15) is 8.42 Å². The number of hydrogen-bond donors (Lipinski definition) is 0. The van der Waals surface area contributed by atoms with E-state index in [2.05, 4.69) is 9.97 Å². The van der Waals surface area contributed by atoms with Crippen molar-refractivity contribution in [3.05, 3.63) is 46.3 Å². The normalized spacial score (nSPS) is 11.7. The van der Waals surface area contributed by atoms with Crippen molar-refractivity contribution in [3.63, 3.8) is 0 Å². The zero-order chi connectivity index (χ0) is 17.7. The summed E-state index contributed by atoms with van der Waals surface area (Å²) in [5.74, 6) is 0.330. The first-order chi connectivity index (χ1) is 11.4. The number of sulfonamides is 1. The van der Waals surface area contributed by atoms with Crippen LogP contribution in [0.3, 0.4) is 0 Å². The van der Waals surface area contributed by atoms with Gasteiger partial charge in [-0.25, -0.2) is 13.4 Å². The largest absolute Gasteiger partial charge is 0.480 e. The van der Waals surface area contributed by atoms with Gasteiger partial charge in [0.2, 0.25) is 15.9 Å². The monoisotopic (exact) mass is 389 g/mol. The highest BCUT2D eigenvalue weighted by Crippen LogP contribution is 2.27. The molecular formula is C15H17Cl2N3O3S. The van der Waals surface area contributed by atoms with Crippen molar-refractivity contribution in [3.8, 4) is 5.88 Å². The fourth-order valence-electron chi connectivity index (χ4n) is 2.06.